The molecule has 0 fully saturated rings. The second-order valence-corrected chi connectivity index (χ2v) is 16.8. The molecule has 0 aliphatic rings. The Labute approximate surface area is 364 Å². The van der Waals surface area contributed by atoms with Crippen LogP contribution in [0.3, 0.4) is 0 Å². The molecule has 0 aromatic heterocycles. The average Bonchev–Trinajstić information content (AvgIpc) is 3.32. The van der Waals surface area contributed by atoms with Crippen molar-refractivity contribution in [2.45, 2.75) is 22.5 Å². The summed E-state index contributed by atoms with van der Waals surface area (Å²) in [5, 5.41) is 0. The fourth-order valence-corrected chi connectivity index (χ4v) is 9.84. The van der Waals surface area contributed by atoms with Crippen LogP contribution in [0.2, 0.25) is 0 Å². The quantitative estimate of drug-likeness (QED) is 0.0488. The van der Waals surface area contributed by atoms with Crippen LogP contribution in [-0.4, -0.2) is 6.15 Å². The summed E-state index contributed by atoms with van der Waals surface area (Å²) in [5.74, 6) is -70.9. The van der Waals surface area contributed by atoms with E-state index >= 15 is 35.1 Å². The normalized spacial score (nSPS) is 11.8. The molecule has 0 aliphatic heterocycles. The van der Waals surface area contributed by atoms with E-state index in [1.54, 1.807) is 0 Å². The van der Waals surface area contributed by atoms with Gasteiger partial charge in [-0.15, -0.1) is 21.9 Å². The van der Waals surface area contributed by atoms with Gasteiger partial charge in [0.1, 0.15) is 58.4 Å². The van der Waals surface area contributed by atoms with E-state index in [-0.39, 0.29) is 0 Å². The van der Waals surface area contributed by atoms with E-state index in [1.807, 2.05) is 60.7 Å². The number of benzene rings is 7. The fourth-order valence-electron chi connectivity index (χ4n) is 7.38. The topological polar surface area (TPSA) is 17.1 Å². The van der Waals surface area contributed by atoms with Gasteiger partial charge in [0.25, 0.3) is 0 Å². The van der Waals surface area contributed by atoms with Crippen molar-refractivity contribution in [3.05, 3.63) is 212 Å². The Morgan fingerprint density at radius 2 is 0.522 bits per heavy atom. The zero-order valence-electron chi connectivity index (χ0n) is 32.7. The summed E-state index contributed by atoms with van der Waals surface area (Å²) in [6.07, 6.45) is -7.22. The molecular formula is C44H19BF20OS. The van der Waals surface area contributed by atoms with Gasteiger partial charge in [-0.3, -0.25) is 0 Å². The number of rotatable bonds is 8. The lowest BCUT2D eigenvalue weighted by Crippen LogP contribution is -2.81. The predicted octanol–water partition coefficient (Wildman–Crippen LogP) is 11.0. The number of hydrogen-bond donors (Lipinski definition) is 0. The van der Waals surface area contributed by atoms with Crippen LogP contribution in [0.1, 0.15) is 11.1 Å². The molecule has 1 nitrogen and oxygen atoms in total. The van der Waals surface area contributed by atoms with E-state index in [1.165, 1.54) is 5.56 Å². The third kappa shape index (κ3) is 7.99. The van der Waals surface area contributed by atoms with E-state index in [0.717, 1.165) is 15.4 Å². The number of halogens is 20. The maximum absolute atomic E-state index is 15.4. The average molecular weight is 986 g/mol. The van der Waals surface area contributed by atoms with Gasteiger partial charge in [0.15, 0.2) is 89.5 Å². The molecule has 0 spiro atoms. The van der Waals surface area contributed by atoms with E-state index in [9.17, 15) is 56.9 Å². The van der Waals surface area contributed by atoms with Crippen LogP contribution in [0.15, 0.2) is 94.7 Å². The monoisotopic (exact) mass is 986 g/mol. The maximum atomic E-state index is 15.4. The molecule has 0 saturated carbocycles. The summed E-state index contributed by atoms with van der Waals surface area (Å²) < 4.78 is 308. The Bertz CT molecular complexity index is 2710. The first kappa shape index (κ1) is 49.8. The van der Waals surface area contributed by atoms with Crippen molar-refractivity contribution in [3.63, 3.8) is 0 Å². The van der Waals surface area contributed by atoms with Crippen molar-refractivity contribution < 1.29 is 92.0 Å². The molecule has 0 aliphatic carbocycles. The smallest absolute Gasteiger partial charge is 0.200 e. The van der Waals surface area contributed by atoms with Gasteiger partial charge >= 0.3 is 0 Å². The minimum absolute atomic E-state index is 0.529. The van der Waals surface area contributed by atoms with Crippen LogP contribution in [0.25, 0.3) is 0 Å². The Kier molecular flexibility index (Phi) is 13.8. The summed E-state index contributed by atoms with van der Waals surface area (Å²) in [4.78, 5) is 1.78. The molecule has 0 unspecified atom stereocenters. The van der Waals surface area contributed by atoms with E-state index in [0.29, 0.717) is 5.75 Å². The number of aryl methyl sites for hydroxylation is 1. The van der Waals surface area contributed by atoms with Gasteiger partial charge in [-0.1, -0.05) is 70.4 Å². The molecule has 0 amide bonds. The number of hydrogen-bond acceptors (Lipinski definition) is 1. The molecule has 7 aromatic rings. The zero-order valence-corrected chi connectivity index (χ0v) is 33.6. The van der Waals surface area contributed by atoms with Gasteiger partial charge in [-0.2, -0.15) is 0 Å². The van der Waals surface area contributed by atoms with E-state index in [4.69, 9.17) is 0 Å². The van der Waals surface area contributed by atoms with Crippen molar-refractivity contribution >= 4 is 37.9 Å². The third-order valence-corrected chi connectivity index (χ3v) is 13.3. The van der Waals surface area contributed by atoms with E-state index < -0.39 is 154 Å². The van der Waals surface area contributed by atoms with Crippen LogP contribution in [0.5, 0.6) is 0 Å². The molecule has 23 heteroatoms. The highest BCUT2D eigenvalue weighted by molar-refractivity contribution is 8.02. The predicted molar refractivity (Wildman–Crippen MR) is 202 cm³/mol. The molecule has 7 rings (SSSR count). The van der Waals surface area contributed by atoms with Gasteiger partial charge in [0.05, 0.1) is 0 Å². The highest BCUT2D eigenvalue weighted by Gasteiger charge is 2.52. The lowest BCUT2D eigenvalue weighted by atomic mass is 9.12. The summed E-state index contributed by atoms with van der Waals surface area (Å²) in [5.41, 5.74) is -12.0. The van der Waals surface area contributed by atoms with Crippen molar-refractivity contribution in [2.75, 3.05) is 0 Å². The largest absolute Gasteiger partial charge is 0.207 e. The van der Waals surface area contributed by atoms with Crippen molar-refractivity contribution in [1.29, 1.82) is 0 Å². The zero-order chi connectivity index (χ0) is 49.8. The molecule has 0 heterocycles. The molecule has 67 heavy (non-hydrogen) atoms. The minimum atomic E-state index is -7.22. The van der Waals surface area contributed by atoms with Gasteiger partial charge in [-0.25, -0.2) is 87.8 Å². The Hall–Kier alpha value is -6.65. The molecule has 0 N–H and O–H groups in total. The fraction of sp³-hybridized carbons (Fsp3) is 0.0455. The van der Waals surface area contributed by atoms with Crippen LogP contribution < -0.4 is 21.9 Å². The van der Waals surface area contributed by atoms with Gasteiger partial charge in [-0.05, 0) is 31.2 Å². The third-order valence-electron chi connectivity index (χ3n) is 10.4. The Morgan fingerprint density at radius 3 is 0.746 bits per heavy atom. The molecule has 350 valence electrons. The lowest BCUT2D eigenvalue weighted by Gasteiger charge is -2.44. The molecular weight excluding hydrogens is 967 g/mol. The van der Waals surface area contributed by atoms with Gasteiger partial charge in [0.2, 0.25) is 0 Å². The first-order chi connectivity index (χ1) is 31.4. The van der Waals surface area contributed by atoms with Gasteiger partial charge < -0.3 is 0 Å². The highest BCUT2D eigenvalue weighted by Crippen LogP contribution is 2.34. The molecule has 0 atom stereocenters. The van der Waals surface area contributed by atoms with E-state index in [2.05, 4.69) is 31.2 Å². The first-order valence-electron chi connectivity index (χ1n) is 18.3. The second-order valence-electron chi connectivity index (χ2n) is 14.2. The first-order valence-corrected chi connectivity index (χ1v) is 20.0. The van der Waals surface area contributed by atoms with Crippen molar-refractivity contribution in [1.82, 2.24) is 0 Å². The van der Waals surface area contributed by atoms with Gasteiger partial charge in [0, 0.05) is 5.56 Å². The molecule has 7 aromatic carbocycles. The summed E-state index contributed by atoms with van der Waals surface area (Å²) >= 11 is 0. The highest BCUT2D eigenvalue weighted by atomic mass is 32.2. The second kappa shape index (κ2) is 18.6. The van der Waals surface area contributed by atoms with Crippen molar-refractivity contribution in [2.24, 2.45) is 0 Å². The summed E-state index contributed by atoms with van der Waals surface area (Å²) in [6, 6.07) is 27.9. The summed E-state index contributed by atoms with van der Waals surface area (Å²) in [7, 11) is -2.31. The Balaban J connectivity index is 0.000000279. The van der Waals surface area contributed by atoms with Crippen LogP contribution >= 0.6 is 0 Å². The van der Waals surface area contributed by atoms with Crippen LogP contribution in [-0.2, 0) is 19.9 Å². The maximum Gasteiger partial charge on any atom is 0.200 e. The van der Waals surface area contributed by atoms with Crippen LogP contribution in [0, 0.1) is 123 Å². The Morgan fingerprint density at radius 1 is 0.313 bits per heavy atom. The van der Waals surface area contributed by atoms with Crippen molar-refractivity contribution in [3.8, 4) is 0 Å². The minimum Gasteiger partial charge on any atom is -0.207 e. The standard InChI is InChI=1S/C24BF20.C20H19OS/c26-5-1(6(27)14(35)21(42)13(5)34)25(2-7(28)15(36)22(43)16(37)8(2)29,3-9(30)17(38)23(44)18(39)10(3)31)4-11(32)19(40)24(45)20(41)12(4)33;1-17-12-14-18(15-13-17)16-22(21,19-8-4-2-5-9-19)20-10-6-3-7-11-20/h;2-15H,16H2,1H3/q-1;+1. The molecule has 0 bridgehead atoms. The molecule has 0 saturated heterocycles. The lowest BCUT2D eigenvalue weighted by molar-refractivity contribution is 0.378. The van der Waals surface area contributed by atoms with Crippen LogP contribution in [0.4, 0.5) is 87.8 Å². The molecule has 0 radical (unpaired) electrons. The SMILES string of the molecule is Cc1ccc(C[S+](=O)(c2ccccc2)c2ccccc2)cc1.Fc1c(F)c(F)c([B-](c2c(F)c(F)c(F)c(F)c2F)(c2c(F)c(F)c(F)c(F)c2F)c2c(F)c(F)c(F)c(F)c2F)c(F)c1F. The summed E-state index contributed by atoms with van der Waals surface area (Å²) in [6.45, 7) is 2.06.